The smallest absolute Gasteiger partial charge is 0.122 e. The molecule has 64 valence electrons. The van der Waals surface area contributed by atoms with Gasteiger partial charge in [0.05, 0.1) is 0 Å². The van der Waals surface area contributed by atoms with Crippen molar-refractivity contribution in [1.82, 2.24) is 0 Å². The molecule has 0 aromatic rings. The Labute approximate surface area is 69.2 Å². The first kappa shape index (κ1) is 8.76. The van der Waals surface area contributed by atoms with Crippen molar-refractivity contribution in [3.63, 3.8) is 0 Å². The second-order valence-corrected chi connectivity index (χ2v) is 3.84. The van der Waals surface area contributed by atoms with Gasteiger partial charge >= 0.3 is 0 Å². The fraction of sp³-hybridized carbons (Fsp3) is 0.900. The van der Waals surface area contributed by atoms with E-state index in [2.05, 4.69) is 0 Å². The van der Waals surface area contributed by atoms with Gasteiger partial charge in [0, 0.05) is 5.92 Å². The van der Waals surface area contributed by atoms with Crippen LogP contribution in [0.3, 0.4) is 0 Å². The summed E-state index contributed by atoms with van der Waals surface area (Å²) in [4.78, 5) is 10.3. The van der Waals surface area contributed by atoms with Gasteiger partial charge < -0.3 is 4.79 Å². The number of carbonyl (C=O) groups is 1. The second kappa shape index (κ2) is 4.53. The third-order valence-corrected chi connectivity index (χ3v) is 2.74. The third-order valence-electron chi connectivity index (χ3n) is 2.74. The molecule has 1 heteroatoms. The molecule has 0 aliphatic heterocycles. The highest BCUT2D eigenvalue weighted by Crippen LogP contribution is 2.29. The molecule has 0 saturated heterocycles. The largest absolute Gasteiger partial charge is 0.303 e. The van der Waals surface area contributed by atoms with Crippen molar-refractivity contribution in [3.8, 4) is 0 Å². The first-order chi connectivity index (χ1) is 5.33. The fourth-order valence-electron chi connectivity index (χ4n) is 1.87. The van der Waals surface area contributed by atoms with Crippen LogP contribution in [0.15, 0.2) is 0 Å². The SMILES string of the molecule is CC(C=O)CCC1CCCC1. The van der Waals surface area contributed by atoms with Crippen LogP contribution in [0.5, 0.6) is 0 Å². The normalized spacial score (nSPS) is 21.9. The summed E-state index contributed by atoms with van der Waals surface area (Å²) >= 11 is 0. The van der Waals surface area contributed by atoms with E-state index in [0.717, 1.165) is 18.6 Å². The molecule has 1 nitrogen and oxygen atoms in total. The summed E-state index contributed by atoms with van der Waals surface area (Å²) in [5.41, 5.74) is 0. The van der Waals surface area contributed by atoms with E-state index in [-0.39, 0.29) is 5.92 Å². The van der Waals surface area contributed by atoms with Crippen LogP contribution in [0.4, 0.5) is 0 Å². The van der Waals surface area contributed by atoms with Crippen LogP contribution in [0.25, 0.3) is 0 Å². The number of hydrogen-bond acceptors (Lipinski definition) is 1. The zero-order chi connectivity index (χ0) is 8.10. The first-order valence-corrected chi connectivity index (χ1v) is 4.78. The van der Waals surface area contributed by atoms with Gasteiger partial charge in [-0.1, -0.05) is 32.6 Å². The van der Waals surface area contributed by atoms with Gasteiger partial charge in [0.1, 0.15) is 6.29 Å². The Balaban J connectivity index is 2.06. The van der Waals surface area contributed by atoms with Crippen molar-refractivity contribution < 1.29 is 4.79 Å². The van der Waals surface area contributed by atoms with Gasteiger partial charge in [0.25, 0.3) is 0 Å². The molecule has 1 atom stereocenters. The molecule has 1 aliphatic rings. The first-order valence-electron chi connectivity index (χ1n) is 4.78. The van der Waals surface area contributed by atoms with Gasteiger partial charge in [-0.25, -0.2) is 0 Å². The van der Waals surface area contributed by atoms with E-state index >= 15 is 0 Å². The van der Waals surface area contributed by atoms with E-state index in [9.17, 15) is 4.79 Å². The van der Waals surface area contributed by atoms with Crippen LogP contribution in [-0.4, -0.2) is 6.29 Å². The maximum atomic E-state index is 10.3. The lowest BCUT2D eigenvalue weighted by Crippen LogP contribution is -2.00. The minimum Gasteiger partial charge on any atom is -0.303 e. The topological polar surface area (TPSA) is 17.1 Å². The molecule has 0 aromatic carbocycles. The minimum atomic E-state index is 0.288. The summed E-state index contributed by atoms with van der Waals surface area (Å²) < 4.78 is 0. The maximum absolute atomic E-state index is 10.3. The standard InChI is InChI=1S/C10H18O/c1-9(8-11)6-7-10-4-2-3-5-10/h8-10H,2-7H2,1H3. The Bertz CT molecular complexity index is 114. The van der Waals surface area contributed by atoms with Crippen molar-refractivity contribution >= 4 is 6.29 Å². The van der Waals surface area contributed by atoms with E-state index in [0.29, 0.717) is 0 Å². The molecule has 0 bridgehead atoms. The van der Waals surface area contributed by atoms with Gasteiger partial charge in [0.15, 0.2) is 0 Å². The van der Waals surface area contributed by atoms with Crippen molar-refractivity contribution in [2.45, 2.75) is 45.4 Å². The summed E-state index contributed by atoms with van der Waals surface area (Å²) in [7, 11) is 0. The van der Waals surface area contributed by atoms with Crippen molar-refractivity contribution in [2.75, 3.05) is 0 Å². The monoisotopic (exact) mass is 154 g/mol. The third kappa shape index (κ3) is 3.04. The molecule has 11 heavy (non-hydrogen) atoms. The van der Waals surface area contributed by atoms with E-state index in [1.54, 1.807) is 0 Å². The fourth-order valence-corrected chi connectivity index (χ4v) is 1.87. The quantitative estimate of drug-likeness (QED) is 0.569. The highest BCUT2D eigenvalue weighted by molar-refractivity contribution is 5.52. The Morgan fingerprint density at radius 1 is 1.45 bits per heavy atom. The summed E-state index contributed by atoms with van der Waals surface area (Å²) in [5.74, 6) is 1.23. The summed E-state index contributed by atoms with van der Waals surface area (Å²) in [5, 5.41) is 0. The van der Waals surface area contributed by atoms with Crippen LogP contribution >= 0.6 is 0 Å². The highest BCUT2D eigenvalue weighted by Gasteiger charge is 2.15. The Kier molecular flexibility index (Phi) is 3.61. The molecular weight excluding hydrogens is 136 g/mol. The van der Waals surface area contributed by atoms with E-state index in [1.807, 2.05) is 6.92 Å². The lowest BCUT2D eigenvalue weighted by Gasteiger charge is -2.09. The van der Waals surface area contributed by atoms with Crippen molar-refractivity contribution in [3.05, 3.63) is 0 Å². The molecule has 0 spiro atoms. The summed E-state index contributed by atoms with van der Waals surface area (Å²) in [6.45, 7) is 2.02. The van der Waals surface area contributed by atoms with E-state index in [4.69, 9.17) is 0 Å². The van der Waals surface area contributed by atoms with Gasteiger partial charge in [-0.15, -0.1) is 0 Å². The van der Waals surface area contributed by atoms with Gasteiger partial charge in [0.2, 0.25) is 0 Å². The van der Waals surface area contributed by atoms with Gasteiger partial charge in [-0.3, -0.25) is 0 Å². The predicted octanol–water partition coefficient (Wildman–Crippen LogP) is 2.79. The predicted molar refractivity (Wildman–Crippen MR) is 46.4 cm³/mol. The lowest BCUT2D eigenvalue weighted by molar-refractivity contribution is -0.110. The Morgan fingerprint density at radius 2 is 2.09 bits per heavy atom. The van der Waals surface area contributed by atoms with Crippen LogP contribution in [0.2, 0.25) is 0 Å². The summed E-state index contributed by atoms with van der Waals surface area (Å²) in [6.07, 6.45) is 9.11. The van der Waals surface area contributed by atoms with Crippen LogP contribution in [-0.2, 0) is 4.79 Å². The molecule has 0 aromatic heterocycles. The molecule has 1 saturated carbocycles. The van der Waals surface area contributed by atoms with Crippen molar-refractivity contribution in [2.24, 2.45) is 11.8 Å². The number of aldehydes is 1. The molecule has 0 N–H and O–H groups in total. The minimum absolute atomic E-state index is 0.288. The molecule has 1 rings (SSSR count). The zero-order valence-corrected chi connectivity index (χ0v) is 7.38. The highest BCUT2D eigenvalue weighted by atomic mass is 16.1. The van der Waals surface area contributed by atoms with Crippen LogP contribution < -0.4 is 0 Å². The molecule has 1 aliphatic carbocycles. The van der Waals surface area contributed by atoms with Crippen molar-refractivity contribution in [1.29, 1.82) is 0 Å². The number of carbonyl (C=O) groups excluding carboxylic acids is 1. The van der Waals surface area contributed by atoms with Crippen LogP contribution in [0, 0.1) is 11.8 Å². The van der Waals surface area contributed by atoms with Gasteiger partial charge in [-0.2, -0.15) is 0 Å². The number of hydrogen-bond donors (Lipinski definition) is 0. The molecule has 0 heterocycles. The maximum Gasteiger partial charge on any atom is 0.122 e. The number of rotatable bonds is 4. The molecular formula is C10H18O. The Hall–Kier alpha value is -0.330. The lowest BCUT2D eigenvalue weighted by atomic mass is 9.97. The summed E-state index contributed by atoms with van der Waals surface area (Å²) in [6, 6.07) is 0. The molecule has 0 radical (unpaired) electrons. The van der Waals surface area contributed by atoms with E-state index < -0.39 is 0 Å². The average Bonchev–Trinajstić information content (AvgIpc) is 2.52. The molecule has 1 unspecified atom stereocenters. The van der Waals surface area contributed by atoms with Crippen LogP contribution in [0.1, 0.15) is 45.4 Å². The zero-order valence-electron chi connectivity index (χ0n) is 7.38. The average molecular weight is 154 g/mol. The van der Waals surface area contributed by atoms with E-state index in [1.165, 1.54) is 32.1 Å². The molecule has 1 fully saturated rings. The van der Waals surface area contributed by atoms with Gasteiger partial charge in [-0.05, 0) is 18.8 Å². The second-order valence-electron chi connectivity index (χ2n) is 3.84. The molecule has 0 amide bonds. The Morgan fingerprint density at radius 3 is 2.64 bits per heavy atom.